The number of carbonyl (C=O) groups excluding carboxylic acids is 2. The fraction of sp³-hybridized carbons (Fsp3) is 0.370. The van der Waals surface area contributed by atoms with Crippen molar-refractivity contribution in [1.82, 2.24) is 15.1 Å². The summed E-state index contributed by atoms with van der Waals surface area (Å²) in [5.41, 5.74) is 2.39. The minimum atomic E-state index is -0.431. The Morgan fingerprint density at radius 3 is 2.68 bits per heavy atom. The van der Waals surface area contributed by atoms with Gasteiger partial charge in [-0.25, -0.2) is 9.07 Å². The number of nitrogens with one attached hydrogen (secondary N) is 1. The van der Waals surface area contributed by atoms with E-state index in [0.29, 0.717) is 29.7 Å². The van der Waals surface area contributed by atoms with Crippen molar-refractivity contribution in [3.63, 3.8) is 0 Å². The summed E-state index contributed by atoms with van der Waals surface area (Å²) in [6.45, 7) is 6.56. The zero-order chi connectivity index (χ0) is 26.7. The van der Waals surface area contributed by atoms with Crippen LogP contribution in [0.15, 0.2) is 48.5 Å². The lowest BCUT2D eigenvalue weighted by molar-refractivity contribution is -0.123. The molecule has 0 saturated carbocycles. The molecule has 0 aliphatic carbocycles. The number of halogens is 2. The van der Waals surface area contributed by atoms with Crippen molar-refractivity contribution >= 4 is 41.0 Å². The van der Waals surface area contributed by atoms with Gasteiger partial charge in [0.1, 0.15) is 18.2 Å². The Morgan fingerprint density at radius 1 is 1.24 bits per heavy atom. The van der Waals surface area contributed by atoms with Crippen molar-refractivity contribution in [2.24, 2.45) is 0 Å². The summed E-state index contributed by atoms with van der Waals surface area (Å²) in [6.07, 6.45) is 0. The van der Waals surface area contributed by atoms with Crippen LogP contribution in [0, 0.1) is 5.82 Å². The number of benzene rings is 2. The fourth-order valence-corrected chi connectivity index (χ4v) is 5.83. The average Bonchev–Trinajstić information content (AvgIpc) is 3.19. The summed E-state index contributed by atoms with van der Waals surface area (Å²) in [4.78, 5) is 27.9. The number of anilines is 1. The molecule has 0 radical (unpaired) electrons. The van der Waals surface area contributed by atoms with Crippen LogP contribution in [0.4, 0.5) is 10.2 Å². The molecule has 1 aliphatic heterocycles. The summed E-state index contributed by atoms with van der Waals surface area (Å²) >= 11 is 8.09. The molecule has 3 aromatic rings. The molecule has 2 amide bonds. The smallest absolute Gasteiger partial charge is 0.240 e. The van der Waals surface area contributed by atoms with E-state index in [9.17, 15) is 14.0 Å². The first-order valence-corrected chi connectivity index (χ1v) is 13.4. The summed E-state index contributed by atoms with van der Waals surface area (Å²) in [6, 6.07) is 13.6. The van der Waals surface area contributed by atoms with E-state index in [0.717, 1.165) is 16.8 Å². The number of ether oxygens (including phenoxy) is 1. The first-order valence-electron chi connectivity index (χ1n) is 11.9. The molecule has 1 atom stereocenters. The van der Waals surface area contributed by atoms with Gasteiger partial charge in [0, 0.05) is 29.7 Å². The number of rotatable bonds is 7. The van der Waals surface area contributed by atoms with Gasteiger partial charge < -0.3 is 10.1 Å². The van der Waals surface area contributed by atoms with Gasteiger partial charge in [-0.15, -0.1) is 11.8 Å². The van der Waals surface area contributed by atoms with Crippen LogP contribution in [0.25, 0.3) is 5.69 Å². The molecule has 1 N–H and O–H groups in total. The lowest BCUT2D eigenvalue weighted by Gasteiger charge is -2.25. The molecule has 37 heavy (non-hydrogen) atoms. The third-order valence-corrected chi connectivity index (χ3v) is 7.55. The Labute approximate surface area is 225 Å². The zero-order valence-electron chi connectivity index (χ0n) is 21.3. The highest BCUT2D eigenvalue weighted by Gasteiger charge is 2.40. The summed E-state index contributed by atoms with van der Waals surface area (Å²) < 4.78 is 20.9. The van der Waals surface area contributed by atoms with Gasteiger partial charge in [-0.3, -0.25) is 14.5 Å². The molecule has 2 aromatic carbocycles. The highest BCUT2D eigenvalue weighted by atomic mass is 35.5. The van der Waals surface area contributed by atoms with E-state index >= 15 is 0 Å². The van der Waals surface area contributed by atoms with Gasteiger partial charge in [0.2, 0.25) is 11.8 Å². The molecule has 0 unspecified atom stereocenters. The number of amides is 2. The molecule has 1 aromatic heterocycles. The van der Waals surface area contributed by atoms with Crippen LogP contribution in [-0.2, 0) is 19.7 Å². The number of carbonyl (C=O) groups is 2. The van der Waals surface area contributed by atoms with Crippen molar-refractivity contribution in [3.8, 4) is 5.69 Å². The fourth-order valence-electron chi connectivity index (χ4n) is 4.29. The molecule has 2 heterocycles. The molecule has 4 rings (SSSR count). The number of hydrogen-bond donors (Lipinski definition) is 1. The molecule has 0 fully saturated rings. The normalized spacial score (nSPS) is 15.9. The van der Waals surface area contributed by atoms with E-state index in [1.165, 1.54) is 28.8 Å². The summed E-state index contributed by atoms with van der Waals surface area (Å²) in [7, 11) is 1.55. The van der Waals surface area contributed by atoms with E-state index in [1.54, 1.807) is 23.9 Å². The molecular formula is C27H30ClFN4O3S. The van der Waals surface area contributed by atoms with Crippen LogP contribution in [-0.4, -0.2) is 54.2 Å². The third kappa shape index (κ3) is 5.84. The lowest BCUT2D eigenvalue weighted by atomic mass is 9.87. The summed E-state index contributed by atoms with van der Waals surface area (Å²) in [5, 5.41) is 7.97. The number of thioether (sulfide) groups is 1. The molecule has 0 spiro atoms. The van der Waals surface area contributed by atoms with Crippen LogP contribution in [0.3, 0.4) is 0 Å². The number of methoxy groups -OCH3 is 1. The maximum absolute atomic E-state index is 14.3. The van der Waals surface area contributed by atoms with Gasteiger partial charge in [-0.1, -0.05) is 56.6 Å². The Morgan fingerprint density at radius 2 is 2.00 bits per heavy atom. The van der Waals surface area contributed by atoms with E-state index in [4.69, 9.17) is 21.4 Å². The van der Waals surface area contributed by atoms with Crippen LogP contribution in [0.1, 0.15) is 42.8 Å². The van der Waals surface area contributed by atoms with E-state index in [-0.39, 0.29) is 29.4 Å². The van der Waals surface area contributed by atoms with E-state index in [2.05, 4.69) is 5.32 Å². The van der Waals surface area contributed by atoms with Gasteiger partial charge >= 0.3 is 0 Å². The highest BCUT2D eigenvalue weighted by Crippen LogP contribution is 2.49. The van der Waals surface area contributed by atoms with Crippen LogP contribution in [0.2, 0.25) is 5.02 Å². The Balaban J connectivity index is 1.97. The number of nitrogens with zero attached hydrogens (tertiary/aromatic N) is 3. The average molecular weight is 545 g/mol. The number of hydrogen-bond acceptors (Lipinski definition) is 5. The van der Waals surface area contributed by atoms with Crippen LogP contribution >= 0.6 is 23.4 Å². The number of fused-ring (bicyclic) bond motifs is 1. The second-order valence-corrected chi connectivity index (χ2v) is 11.3. The van der Waals surface area contributed by atoms with Crippen LogP contribution in [0.5, 0.6) is 0 Å². The van der Waals surface area contributed by atoms with E-state index < -0.39 is 11.2 Å². The molecule has 0 bridgehead atoms. The van der Waals surface area contributed by atoms with Crippen LogP contribution < -0.4 is 10.2 Å². The second kappa shape index (κ2) is 11.2. The molecular weight excluding hydrogens is 515 g/mol. The van der Waals surface area contributed by atoms with Crippen molar-refractivity contribution in [2.75, 3.05) is 37.5 Å². The molecule has 196 valence electrons. The van der Waals surface area contributed by atoms with Crippen molar-refractivity contribution in [3.05, 3.63) is 76.2 Å². The SMILES string of the molecule is COCCNC(=O)CN1C(=O)CS[C@@H](c2ccccc2Cl)c2c(C(C)(C)C)nn(-c3cccc(F)c3)c21. The van der Waals surface area contributed by atoms with Gasteiger partial charge in [0.25, 0.3) is 0 Å². The monoisotopic (exact) mass is 544 g/mol. The van der Waals surface area contributed by atoms with Crippen molar-refractivity contribution < 1.29 is 18.7 Å². The van der Waals surface area contributed by atoms with Gasteiger partial charge in [-0.05, 0) is 29.8 Å². The molecule has 0 saturated heterocycles. The quantitative estimate of drug-likeness (QED) is 0.428. The van der Waals surface area contributed by atoms with Gasteiger partial charge in [0.15, 0.2) is 0 Å². The molecule has 1 aliphatic rings. The number of aromatic nitrogens is 2. The van der Waals surface area contributed by atoms with Gasteiger partial charge in [0.05, 0.1) is 29.0 Å². The standard InChI is InChI=1S/C27H30ClFN4O3S/c1-27(2,3)25-23-24(19-10-5-6-11-20(19)28)37-16-22(35)32(15-21(34)30-12-13-36-4)26(23)33(31-25)18-9-7-8-17(29)14-18/h5-11,14,24H,12-13,15-16H2,1-4H3,(H,30,34)/t24-/m0/s1. The molecule has 7 nitrogen and oxygen atoms in total. The van der Waals surface area contributed by atoms with Crippen molar-refractivity contribution in [2.45, 2.75) is 31.4 Å². The molecule has 10 heteroatoms. The van der Waals surface area contributed by atoms with Gasteiger partial charge in [-0.2, -0.15) is 5.10 Å². The Hall–Kier alpha value is -2.88. The predicted molar refractivity (Wildman–Crippen MR) is 145 cm³/mol. The Bertz CT molecular complexity index is 1310. The Kier molecular flexibility index (Phi) is 8.26. The first-order chi connectivity index (χ1) is 17.6. The lowest BCUT2D eigenvalue weighted by Crippen LogP contribution is -2.43. The topological polar surface area (TPSA) is 76.5 Å². The third-order valence-electron chi connectivity index (χ3n) is 5.97. The largest absolute Gasteiger partial charge is 0.383 e. The maximum atomic E-state index is 14.3. The van der Waals surface area contributed by atoms with Crippen molar-refractivity contribution in [1.29, 1.82) is 0 Å². The predicted octanol–water partition coefficient (Wildman–Crippen LogP) is 4.89. The second-order valence-electron chi connectivity index (χ2n) is 9.76. The zero-order valence-corrected chi connectivity index (χ0v) is 22.8. The maximum Gasteiger partial charge on any atom is 0.240 e. The highest BCUT2D eigenvalue weighted by molar-refractivity contribution is 8.00. The van der Waals surface area contributed by atoms with E-state index in [1.807, 2.05) is 45.0 Å². The first kappa shape index (κ1) is 27.2. The minimum absolute atomic E-state index is 0.128. The summed E-state index contributed by atoms with van der Waals surface area (Å²) in [5.74, 6) is -0.442. The minimum Gasteiger partial charge on any atom is -0.383 e.